The average molecular weight is 201 g/mol. The lowest BCUT2D eigenvalue weighted by molar-refractivity contribution is 0.0865. The third-order valence-electron chi connectivity index (χ3n) is 1.10. The van der Waals surface area contributed by atoms with E-state index in [1.165, 1.54) is 0 Å². The van der Waals surface area contributed by atoms with Gasteiger partial charge < -0.3 is 10.2 Å². The van der Waals surface area contributed by atoms with Crippen molar-refractivity contribution in [2.45, 2.75) is 32.3 Å². The van der Waals surface area contributed by atoms with E-state index in [0.717, 1.165) is 19.3 Å². The zero-order chi connectivity index (χ0) is 8.41. The van der Waals surface area contributed by atoms with Gasteiger partial charge in [-0.1, -0.05) is 19.8 Å². The third kappa shape index (κ3) is 18.0. The van der Waals surface area contributed by atoms with Gasteiger partial charge >= 0.3 is 0 Å². The van der Waals surface area contributed by atoms with Crippen LogP contribution in [-0.4, -0.2) is 44.9 Å². The molecular formula is C6H18AlClO3. The van der Waals surface area contributed by atoms with Gasteiger partial charge in [-0.25, -0.2) is 0 Å². The molecule has 0 rings (SSSR count). The Hall–Kier alpha value is 0.702. The van der Waals surface area contributed by atoms with E-state index in [0.29, 0.717) is 0 Å². The van der Waals surface area contributed by atoms with Crippen molar-refractivity contribution in [3.8, 4) is 0 Å². The summed E-state index contributed by atoms with van der Waals surface area (Å²) in [6.07, 6.45) is 2.32. The van der Waals surface area contributed by atoms with E-state index in [9.17, 15) is 0 Å². The monoisotopic (exact) mass is 200 g/mol. The van der Waals surface area contributed by atoms with Gasteiger partial charge in [-0.05, 0) is 6.42 Å². The summed E-state index contributed by atoms with van der Waals surface area (Å²) in [5.74, 6) is 0. The maximum Gasteiger partial charge on any atom is 0.187 e. The molecule has 3 N–H and O–H groups in total. The third-order valence-corrected chi connectivity index (χ3v) is 1.10. The molecule has 0 saturated carbocycles. The van der Waals surface area contributed by atoms with Crippen molar-refractivity contribution in [2.24, 2.45) is 0 Å². The van der Waals surface area contributed by atoms with Crippen molar-refractivity contribution >= 4 is 29.2 Å². The molecule has 1 atom stereocenters. The molecule has 3 nitrogen and oxygen atoms in total. The fourth-order valence-electron chi connectivity index (χ4n) is 0.531. The van der Waals surface area contributed by atoms with Crippen LogP contribution in [0.4, 0.5) is 0 Å². The molecule has 0 aromatic rings. The molecule has 0 spiro atoms. The highest BCUT2D eigenvalue weighted by Gasteiger charge is 1.97. The number of hydrogen-bond acceptors (Lipinski definition) is 3. The molecule has 5 heteroatoms. The van der Waals surface area contributed by atoms with E-state index < -0.39 is 6.10 Å². The van der Waals surface area contributed by atoms with Gasteiger partial charge in [0.1, 0.15) is 0 Å². The summed E-state index contributed by atoms with van der Waals surface area (Å²) < 4.78 is 6.47. The van der Waals surface area contributed by atoms with Crippen LogP contribution in [0.15, 0.2) is 0 Å². The van der Waals surface area contributed by atoms with Gasteiger partial charge in [0.15, 0.2) is 17.4 Å². The second-order valence-corrected chi connectivity index (χ2v) is 1.98. The lowest BCUT2D eigenvalue weighted by atomic mass is 10.2. The Morgan fingerprint density at radius 2 is 1.82 bits per heavy atom. The molecule has 0 radical (unpaired) electrons. The van der Waals surface area contributed by atoms with Crippen LogP contribution in [0, 0.1) is 0 Å². The minimum atomic E-state index is -0.491. The van der Waals surface area contributed by atoms with E-state index in [-0.39, 0.29) is 24.0 Å². The number of halogens is 1. The molecule has 0 aliphatic carbocycles. The Morgan fingerprint density at radius 3 is 2.09 bits per heavy atom. The Balaban J connectivity index is -0.000000196. The fourth-order valence-corrected chi connectivity index (χ4v) is 0.531. The van der Waals surface area contributed by atoms with Crippen molar-refractivity contribution in [2.75, 3.05) is 6.61 Å². The van der Waals surface area contributed by atoms with E-state index in [2.05, 4.69) is 18.8 Å². The zero-order valence-electron chi connectivity index (χ0n) is 6.13. The van der Waals surface area contributed by atoms with Crippen LogP contribution < -0.4 is 0 Å². The minimum Gasteiger partial charge on any atom is -0.394 e. The van der Waals surface area contributed by atoms with Gasteiger partial charge in [0.2, 0.25) is 0 Å². The van der Waals surface area contributed by atoms with Crippen LogP contribution in [-0.2, 0) is 0 Å². The molecular weight excluding hydrogens is 182 g/mol. The zero-order valence-corrected chi connectivity index (χ0v) is 6.88. The van der Waals surface area contributed by atoms with Crippen molar-refractivity contribution in [3.63, 3.8) is 0 Å². The second-order valence-electron chi connectivity index (χ2n) is 1.98. The molecule has 0 saturated heterocycles. The summed E-state index contributed by atoms with van der Waals surface area (Å²) in [6.45, 7) is 1.96. The van der Waals surface area contributed by atoms with Gasteiger partial charge in [-0.15, -0.1) is 0 Å². The van der Waals surface area contributed by atoms with Gasteiger partial charge in [0.05, 0.1) is 24.6 Å². The standard InChI is InChI=1S/C6H14O2.Al.ClHO.3H/c1-2-3-4-6(8)5-7;;1-2;;;/h6-8H,2-5H2,1H3;;2H;;;. The lowest BCUT2D eigenvalue weighted by Crippen LogP contribution is -2.10. The first-order valence-electron chi connectivity index (χ1n) is 3.27. The van der Waals surface area contributed by atoms with Crippen LogP contribution in [0.2, 0.25) is 0 Å². The van der Waals surface area contributed by atoms with Crippen molar-refractivity contribution < 1.29 is 14.9 Å². The molecule has 1 unspecified atom stereocenters. The van der Waals surface area contributed by atoms with E-state index >= 15 is 0 Å². The van der Waals surface area contributed by atoms with Gasteiger partial charge in [-0.2, -0.15) is 0 Å². The first-order chi connectivity index (χ1) is 4.81. The highest BCUT2D eigenvalue weighted by atomic mass is 35.5. The summed E-state index contributed by atoms with van der Waals surface area (Å²) >= 11 is 3.64. The smallest absolute Gasteiger partial charge is 0.187 e. The van der Waals surface area contributed by atoms with Crippen LogP contribution >= 0.6 is 11.9 Å². The summed E-state index contributed by atoms with van der Waals surface area (Å²) in [5, 5.41) is 17.1. The normalized spacial score (nSPS) is 10.6. The van der Waals surface area contributed by atoms with Gasteiger partial charge in [0, 0.05) is 0 Å². The molecule has 70 valence electrons. The van der Waals surface area contributed by atoms with Crippen molar-refractivity contribution in [3.05, 3.63) is 0 Å². The van der Waals surface area contributed by atoms with Crippen LogP contribution in [0.1, 0.15) is 26.2 Å². The topological polar surface area (TPSA) is 60.7 Å². The number of aliphatic hydroxyl groups excluding tert-OH is 2. The highest BCUT2D eigenvalue weighted by molar-refractivity contribution is 6.04. The Kier molecular flexibility index (Phi) is 27.3. The maximum atomic E-state index is 8.74. The molecule has 0 aliphatic rings. The summed E-state index contributed by atoms with van der Waals surface area (Å²) in [4.78, 5) is 0. The molecule has 0 amide bonds. The quantitative estimate of drug-likeness (QED) is 0.536. The lowest BCUT2D eigenvalue weighted by Gasteiger charge is -2.02. The van der Waals surface area contributed by atoms with Gasteiger partial charge in [-0.3, -0.25) is 4.66 Å². The van der Waals surface area contributed by atoms with Crippen LogP contribution in [0.5, 0.6) is 0 Å². The van der Waals surface area contributed by atoms with Gasteiger partial charge in [0.25, 0.3) is 0 Å². The molecule has 11 heavy (non-hydrogen) atoms. The average Bonchev–Trinajstić information content (AvgIpc) is 2.04. The first kappa shape index (κ1) is 17.7. The van der Waals surface area contributed by atoms with Crippen LogP contribution in [0.25, 0.3) is 0 Å². The first-order valence-corrected chi connectivity index (χ1v) is 3.61. The van der Waals surface area contributed by atoms with E-state index in [1.807, 2.05) is 0 Å². The molecule has 0 aromatic carbocycles. The summed E-state index contributed by atoms with van der Waals surface area (Å²) in [7, 11) is 0. The fraction of sp³-hybridized carbons (Fsp3) is 1.00. The predicted octanol–water partition coefficient (Wildman–Crippen LogP) is -0.522. The maximum absolute atomic E-state index is 8.74. The Labute approximate surface area is 83.3 Å². The van der Waals surface area contributed by atoms with E-state index in [4.69, 9.17) is 14.9 Å². The Morgan fingerprint density at radius 1 is 1.36 bits per heavy atom. The highest BCUT2D eigenvalue weighted by Crippen LogP contribution is 1.97. The number of aliphatic hydroxyl groups is 2. The second kappa shape index (κ2) is 17.0. The number of unbranched alkanes of at least 4 members (excludes halogenated alkanes) is 1. The number of rotatable bonds is 4. The Bertz CT molecular complexity index is 57.1. The summed E-state index contributed by atoms with van der Waals surface area (Å²) in [6, 6.07) is 0. The van der Waals surface area contributed by atoms with Crippen LogP contribution in [0.3, 0.4) is 0 Å². The largest absolute Gasteiger partial charge is 0.394 e. The molecule has 0 aliphatic heterocycles. The summed E-state index contributed by atoms with van der Waals surface area (Å²) in [5.41, 5.74) is 0. The predicted molar refractivity (Wildman–Crippen MR) is 50.6 cm³/mol. The molecule has 0 heterocycles. The minimum absolute atomic E-state index is 0. The van der Waals surface area contributed by atoms with Crippen molar-refractivity contribution in [1.82, 2.24) is 0 Å². The molecule has 0 fully saturated rings. The number of hydrogen-bond donors (Lipinski definition) is 3. The SMILES string of the molecule is CCCCC(O)CO.OCl.[AlH3]. The molecule has 0 bridgehead atoms. The van der Waals surface area contributed by atoms with E-state index in [1.54, 1.807) is 0 Å². The molecule has 0 aromatic heterocycles. The van der Waals surface area contributed by atoms with Crippen molar-refractivity contribution in [1.29, 1.82) is 0 Å².